The number of rotatable bonds is 3. The second-order valence-corrected chi connectivity index (χ2v) is 7.90. The lowest BCUT2D eigenvalue weighted by Gasteiger charge is -2.28. The SMILES string of the molecule is Clc1ccc2c(c1)CNCc1nnc(C3CCC(Oc4cccnc4)CC3)n1-2. The molecule has 0 saturated heterocycles. The van der Waals surface area contributed by atoms with E-state index in [0.29, 0.717) is 12.5 Å². The second kappa shape index (κ2) is 7.53. The number of aromatic nitrogens is 4. The van der Waals surface area contributed by atoms with E-state index in [2.05, 4.69) is 31.1 Å². The van der Waals surface area contributed by atoms with Crippen LogP contribution in [0.5, 0.6) is 5.75 Å². The van der Waals surface area contributed by atoms with Crippen LogP contribution in [0.4, 0.5) is 0 Å². The molecule has 0 radical (unpaired) electrons. The van der Waals surface area contributed by atoms with Gasteiger partial charge in [0.2, 0.25) is 0 Å². The first-order valence-electron chi connectivity index (χ1n) is 9.78. The van der Waals surface area contributed by atoms with Crippen LogP contribution in [0.2, 0.25) is 5.02 Å². The largest absolute Gasteiger partial charge is 0.489 e. The van der Waals surface area contributed by atoms with E-state index in [1.807, 2.05) is 24.3 Å². The highest BCUT2D eigenvalue weighted by Crippen LogP contribution is 2.36. The van der Waals surface area contributed by atoms with Crippen LogP contribution in [-0.2, 0) is 13.1 Å². The normalized spacial score (nSPS) is 21.5. The number of nitrogens with one attached hydrogen (secondary N) is 1. The summed E-state index contributed by atoms with van der Waals surface area (Å²) in [6.45, 7) is 1.49. The van der Waals surface area contributed by atoms with Crippen molar-refractivity contribution >= 4 is 11.6 Å². The highest BCUT2D eigenvalue weighted by atomic mass is 35.5. The first kappa shape index (κ1) is 17.6. The zero-order chi connectivity index (χ0) is 18.9. The van der Waals surface area contributed by atoms with Crippen LogP contribution < -0.4 is 10.1 Å². The molecule has 0 unspecified atom stereocenters. The molecule has 28 heavy (non-hydrogen) atoms. The van der Waals surface area contributed by atoms with Crippen LogP contribution in [0, 0.1) is 0 Å². The lowest BCUT2D eigenvalue weighted by atomic mass is 9.86. The fourth-order valence-corrected chi connectivity index (χ4v) is 4.44. The predicted molar refractivity (Wildman–Crippen MR) is 107 cm³/mol. The topological polar surface area (TPSA) is 64.9 Å². The third-order valence-corrected chi connectivity index (χ3v) is 5.85. The maximum absolute atomic E-state index is 6.22. The summed E-state index contributed by atoms with van der Waals surface area (Å²) in [6, 6.07) is 9.92. The van der Waals surface area contributed by atoms with Gasteiger partial charge in [0.15, 0.2) is 5.82 Å². The van der Waals surface area contributed by atoms with Crippen LogP contribution in [0.25, 0.3) is 5.69 Å². The molecule has 0 bridgehead atoms. The van der Waals surface area contributed by atoms with Crippen LogP contribution in [0.15, 0.2) is 42.7 Å². The molecule has 2 aliphatic rings. The van der Waals surface area contributed by atoms with Gasteiger partial charge in [0.1, 0.15) is 11.6 Å². The number of benzene rings is 1. The zero-order valence-corrected chi connectivity index (χ0v) is 16.3. The van der Waals surface area contributed by atoms with Gasteiger partial charge in [-0.3, -0.25) is 9.55 Å². The molecule has 1 N–H and O–H groups in total. The minimum absolute atomic E-state index is 0.236. The van der Waals surface area contributed by atoms with Crippen LogP contribution in [0.1, 0.15) is 48.8 Å². The smallest absolute Gasteiger partial charge is 0.151 e. The number of hydrogen-bond donors (Lipinski definition) is 1. The molecule has 0 spiro atoms. The van der Waals surface area contributed by atoms with E-state index in [-0.39, 0.29) is 6.10 Å². The van der Waals surface area contributed by atoms with E-state index < -0.39 is 0 Å². The summed E-state index contributed by atoms with van der Waals surface area (Å²) in [6.07, 6.45) is 7.87. The maximum atomic E-state index is 6.22. The van der Waals surface area contributed by atoms with E-state index in [1.54, 1.807) is 12.4 Å². The summed E-state index contributed by atoms with van der Waals surface area (Å²) in [5, 5.41) is 13.2. The molecule has 0 atom stereocenters. The van der Waals surface area contributed by atoms with Gasteiger partial charge in [-0.1, -0.05) is 11.6 Å². The minimum Gasteiger partial charge on any atom is -0.489 e. The summed E-state index contributed by atoms with van der Waals surface area (Å²) >= 11 is 6.22. The van der Waals surface area contributed by atoms with E-state index >= 15 is 0 Å². The molecule has 1 fully saturated rings. The Morgan fingerprint density at radius 2 is 1.96 bits per heavy atom. The van der Waals surface area contributed by atoms with Crippen LogP contribution >= 0.6 is 11.6 Å². The van der Waals surface area contributed by atoms with Gasteiger partial charge in [0.05, 0.1) is 24.5 Å². The quantitative estimate of drug-likeness (QED) is 0.725. The predicted octanol–water partition coefficient (Wildman–Crippen LogP) is 4.02. The average molecular weight is 396 g/mol. The molecule has 7 heteroatoms. The molecule has 2 aromatic heterocycles. The van der Waals surface area contributed by atoms with Gasteiger partial charge in [-0.15, -0.1) is 10.2 Å². The molecular formula is C21H22ClN5O. The Morgan fingerprint density at radius 1 is 1.07 bits per heavy atom. The monoisotopic (exact) mass is 395 g/mol. The Morgan fingerprint density at radius 3 is 2.79 bits per heavy atom. The number of halogens is 1. The molecule has 6 nitrogen and oxygen atoms in total. The van der Waals surface area contributed by atoms with Crippen molar-refractivity contribution in [1.82, 2.24) is 25.1 Å². The Labute approximate surface area is 168 Å². The van der Waals surface area contributed by atoms with Crippen molar-refractivity contribution in [2.75, 3.05) is 0 Å². The number of nitrogens with zero attached hydrogens (tertiary/aromatic N) is 4. The highest BCUT2D eigenvalue weighted by Gasteiger charge is 2.30. The third kappa shape index (κ3) is 3.38. The summed E-state index contributed by atoms with van der Waals surface area (Å²) in [5.74, 6) is 3.25. The van der Waals surface area contributed by atoms with E-state index in [1.165, 1.54) is 5.56 Å². The second-order valence-electron chi connectivity index (χ2n) is 7.47. The summed E-state index contributed by atoms with van der Waals surface area (Å²) < 4.78 is 8.33. The molecule has 3 aromatic rings. The zero-order valence-electron chi connectivity index (χ0n) is 15.5. The van der Waals surface area contributed by atoms with Crippen molar-refractivity contribution in [3.63, 3.8) is 0 Å². The molecule has 1 aromatic carbocycles. The third-order valence-electron chi connectivity index (χ3n) is 5.61. The fourth-order valence-electron chi connectivity index (χ4n) is 4.24. The lowest BCUT2D eigenvalue weighted by molar-refractivity contribution is 0.144. The Bertz CT molecular complexity index is 966. The van der Waals surface area contributed by atoms with Crippen LogP contribution in [-0.4, -0.2) is 25.9 Å². The van der Waals surface area contributed by atoms with Crippen molar-refractivity contribution in [3.05, 3.63) is 65.0 Å². The number of hydrogen-bond acceptors (Lipinski definition) is 5. The Hall–Kier alpha value is -2.44. The van der Waals surface area contributed by atoms with Crippen LogP contribution in [0.3, 0.4) is 0 Å². The molecule has 144 valence electrons. The Balaban J connectivity index is 1.37. The first-order chi connectivity index (χ1) is 13.8. The highest BCUT2D eigenvalue weighted by molar-refractivity contribution is 6.30. The minimum atomic E-state index is 0.236. The molecular weight excluding hydrogens is 374 g/mol. The van der Waals surface area contributed by atoms with Gasteiger partial charge in [0, 0.05) is 23.7 Å². The van der Waals surface area contributed by atoms with Gasteiger partial charge in [0.25, 0.3) is 0 Å². The van der Waals surface area contributed by atoms with E-state index in [0.717, 1.165) is 60.3 Å². The summed E-state index contributed by atoms with van der Waals surface area (Å²) in [7, 11) is 0. The van der Waals surface area contributed by atoms with Gasteiger partial charge in [-0.25, -0.2) is 0 Å². The Kier molecular flexibility index (Phi) is 4.74. The molecule has 1 aliphatic carbocycles. The number of ether oxygens (including phenoxy) is 1. The number of pyridine rings is 1. The first-order valence-corrected chi connectivity index (χ1v) is 10.2. The van der Waals surface area contributed by atoms with Gasteiger partial charge in [-0.05, 0) is 61.6 Å². The molecule has 3 heterocycles. The molecule has 5 rings (SSSR count). The lowest BCUT2D eigenvalue weighted by Crippen LogP contribution is -2.25. The van der Waals surface area contributed by atoms with Gasteiger partial charge in [-0.2, -0.15) is 0 Å². The molecule has 0 amide bonds. The summed E-state index contributed by atoms with van der Waals surface area (Å²) in [4.78, 5) is 4.13. The maximum Gasteiger partial charge on any atom is 0.151 e. The van der Waals surface area contributed by atoms with Crippen molar-refractivity contribution in [3.8, 4) is 11.4 Å². The number of fused-ring (bicyclic) bond motifs is 3. The fraction of sp³-hybridized carbons (Fsp3) is 0.381. The standard InChI is InChI=1S/C21H22ClN5O/c22-16-5-8-19-15(10-16)11-24-13-20-25-26-21(27(19)20)14-3-6-17(7-4-14)28-18-2-1-9-23-12-18/h1-2,5,8-10,12,14,17,24H,3-4,6-7,11,13H2. The van der Waals surface area contributed by atoms with Crippen molar-refractivity contribution in [2.45, 2.75) is 50.8 Å². The van der Waals surface area contributed by atoms with E-state index in [9.17, 15) is 0 Å². The molecule has 1 aliphatic heterocycles. The van der Waals surface area contributed by atoms with E-state index in [4.69, 9.17) is 16.3 Å². The average Bonchev–Trinajstić information content (AvgIpc) is 3.05. The van der Waals surface area contributed by atoms with Gasteiger partial charge >= 0.3 is 0 Å². The van der Waals surface area contributed by atoms with Crippen molar-refractivity contribution < 1.29 is 4.74 Å². The van der Waals surface area contributed by atoms with Crippen molar-refractivity contribution in [1.29, 1.82) is 0 Å². The van der Waals surface area contributed by atoms with Crippen molar-refractivity contribution in [2.24, 2.45) is 0 Å². The van der Waals surface area contributed by atoms with Gasteiger partial charge < -0.3 is 10.1 Å². The summed E-state index contributed by atoms with van der Waals surface area (Å²) in [5.41, 5.74) is 2.32. The molecule has 1 saturated carbocycles.